The van der Waals surface area contributed by atoms with Gasteiger partial charge >= 0.3 is 0 Å². The summed E-state index contributed by atoms with van der Waals surface area (Å²) >= 11 is 2.19. The van der Waals surface area contributed by atoms with E-state index in [1.54, 1.807) is 0 Å². The molecule has 0 aromatic carbocycles. The van der Waals surface area contributed by atoms with E-state index >= 15 is 0 Å². The topological polar surface area (TPSA) is 55.4 Å². The van der Waals surface area contributed by atoms with Crippen LogP contribution in [0.4, 0.5) is 0 Å². The molecule has 0 aliphatic rings. The molecule has 1 atom stereocenters. The van der Waals surface area contributed by atoms with Crippen LogP contribution >= 0.6 is 22.6 Å². The Balaban J connectivity index is 4.11. The summed E-state index contributed by atoms with van der Waals surface area (Å²) < 4.78 is 31.7. The maximum atomic E-state index is 11.6. The van der Waals surface area contributed by atoms with Crippen molar-refractivity contribution in [2.75, 3.05) is 23.4 Å². The number of rotatable bonds is 8. The minimum atomic E-state index is -3.19. The van der Waals surface area contributed by atoms with E-state index in [4.69, 9.17) is 4.74 Å². The molecule has 6 heteroatoms. The van der Waals surface area contributed by atoms with Crippen molar-refractivity contribution in [1.82, 2.24) is 4.72 Å². The molecule has 0 aliphatic heterocycles. The van der Waals surface area contributed by atoms with Gasteiger partial charge < -0.3 is 4.74 Å². The van der Waals surface area contributed by atoms with Crippen LogP contribution < -0.4 is 4.72 Å². The summed E-state index contributed by atoms with van der Waals surface area (Å²) in [5.74, 6) is 0.351. The molecule has 0 saturated heterocycles. The van der Waals surface area contributed by atoms with E-state index in [0.717, 1.165) is 4.43 Å². The lowest BCUT2D eigenvalue weighted by Gasteiger charge is -2.19. The number of halogens is 1. The predicted molar refractivity (Wildman–Crippen MR) is 70.9 cm³/mol. The SMILES string of the molecule is CCOCCS(=O)(=O)NC(CI)C(C)C. The summed E-state index contributed by atoms with van der Waals surface area (Å²) in [7, 11) is -3.19. The van der Waals surface area contributed by atoms with Crippen molar-refractivity contribution < 1.29 is 13.2 Å². The van der Waals surface area contributed by atoms with Crippen LogP contribution in [-0.4, -0.2) is 37.9 Å². The Bertz CT molecular complexity index is 254. The van der Waals surface area contributed by atoms with Crippen molar-refractivity contribution in [2.24, 2.45) is 5.92 Å². The molecule has 0 amide bonds. The highest BCUT2D eigenvalue weighted by atomic mass is 127. The highest BCUT2D eigenvalue weighted by Gasteiger charge is 2.19. The van der Waals surface area contributed by atoms with Gasteiger partial charge in [0.2, 0.25) is 10.0 Å². The second kappa shape index (κ2) is 7.81. The predicted octanol–water partition coefficient (Wildman–Crippen LogP) is 1.40. The lowest BCUT2D eigenvalue weighted by atomic mass is 10.1. The van der Waals surface area contributed by atoms with Crippen LogP contribution in [0.15, 0.2) is 0 Å². The highest BCUT2D eigenvalue weighted by molar-refractivity contribution is 14.1. The molecule has 0 heterocycles. The summed E-state index contributed by atoms with van der Waals surface area (Å²) in [6.45, 7) is 6.68. The van der Waals surface area contributed by atoms with Crippen LogP contribution in [0.3, 0.4) is 0 Å². The fraction of sp³-hybridized carbons (Fsp3) is 1.00. The zero-order valence-electron chi connectivity index (χ0n) is 9.49. The number of sulfonamides is 1. The minimum absolute atomic E-state index is 0.0113. The zero-order chi connectivity index (χ0) is 11.9. The Morgan fingerprint density at radius 2 is 2.00 bits per heavy atom. The van der Waals surface area contributed by atoms with E-state index in [0.29, 0.717) is 12.5 Å². The van der Waals surface area contributed by atoms with Gasteiger partial charge in [0.15, 0.2) is 0 Å². The van der Waals surface area contributed by atoms with Crippen LogP contribution in [-0.2, 0) is 14.8 Å². The van der Waals surface area contributed by atoms with Crippen LogP contribution in [0.25, 0.3) is 0 Å². The summed E-state index contributed by atoms with van der Waals surface area (Å²) in [5, 5.41) is 0. The summed E-state index contributed by atoms with van der Waals surface area (Å²) in [6.07, 6.45) is 0. The zero-order valence-corrected chi connectivity index (χ0v) is 12.5. The molecule has 15 heavy (non-hydrogen) atoms. The Morgan fingerprint density at radius 1 is 1.40 bits per heavy atom. The van der Waals surface area contributed by atoms with Gasteiger partial charge in [-0.1, -0.05) is 36.4 Å². The van der Waals surface area contributed by atoms with Gasteiger partial charge in [0, 0.05) is 17.1 Å². The van der Waals surface area contributed by atoms with Crippen molar-refractivity contribution >= 4 is 32.6 Å². The molecular weight excluding hydrogens is 329 g/mol. The average molecular weight is 349 g/mol. The van der Waals surface area contributed by atoms with Gasteiger partial charge in [-0.3, -0.25) is 0 Å². The lowest BCUT2D eigenvalue weighted by molar-refractivity contribution is 0.163. The molecule has 1 unspecified atom stereocenters. The number of hydrogen-bond donors (Lipinski definition) is 1. The molecule has 1 N–H and O–H groups in total. The quantitative estimate of drug-likeness (QED) is 0.410. The fourth-order valence-corrected chi connectivity index (χ4v) is 3.76. The molecule has 0 saturated carbocycles. The summed E-state index contributed by atoms with van der Waals surface area (Å²) in [6, 6.07) is 0.0113. The summed E-state index contributed by atoms with van der Waals surface area (Å²) in [4.78, 5) is 0. The van der Waals surface area contributed by atoms with E-state index < -0.39 is 10.0 Å². The lowest BCUT2D eigenvalue weighted by Crippen LogP contribution is -2.41. The molecule has 92 valence electrons. The number of hydrogen-bond acceptors (Lipinski definition) is 3. The molecular formula is C9H20INO3S. The number of nitrogens with one attached hydrogen (secondary N) is 1. The van der Waals surface area contributed by atoms with Crippen LogP contribution in [0, 0.1) is 5.92 Å². The van der Waals surface area contributed by atoms with Gasteiger partial charge in [0.05, 0.1) is 12.4 Å². The van der Waals surface area contributed by atoms with Gasteiger partial charge in [-0.05, 0) is 12.8 Å². The minimum Gasteiger partial charge on any atom is -0.381 e. The third-order valence-corrected chi connectivity index (χ3v) is 4.32. The molecule has 0 spiro atoms. The first-order valence-corrected chi connectivity index (χ1v) is 8.24. The van der Waals surface area contributed by atoms with Gasteiger partial charge in [0.1, 0.15) is 0 Å². The van der Waals surface area contributed by atoms with Crippen LogP contribution in [0.2, 0.25) is 0 Å². The number of ether oxygens (including phenoxy) is 1. The van der Waals surface area contributed by atoms with Crippen molar-refractivity contribution in [3.63, 3.8) is 0 Å². The molecule has 0 bridgehead atoms. The van der Waals surface area contributed by atoms with Crippen molar-refractivity contribution in [3.8, 4) is 0 Å². The Kier molecular flexibility index (Phi) is 8.12. The van der Waals surface area contributed by atoms with E-state index in [9.17, 15) is 8.42 Å². The second-order valence-electron chi connectivity index (χ2n) is 3.64. The normalized spacial score (nSPS) is 14.5. The van der Waals surface area contributed by atoms with E-state index in [-0.39, 0.29) is 18.4 Å². The molecule has 0 rings (SSSR count). The summed E-state index contributed by atoms with van der Waals surface area (Å²) in [5.41, 5.74) is 0. The molecule has 0 fully saturated rings. The second-order valence-corrected chi connectivity index (χ2v) is 6.39. The first kappa shape index (κ1) is 15.6. The largest absolute Gasteiger partial charge is 0.381 e. The Hall–Kier alpha value is 0.600. The van der Waals surface area contributed by atoms with Gasteiger partial charge in [-0.2, -0.15) is 0 Å². The molecule has 0 aromatic heterocycles. The first-order chi connectivity index (χ1) is 6.93. The van der Waals surface area contributed by atoms with Gasteiger partial charge in [0.25, 0.3) is 0 Å². The van der Waals surface area contributed by atoms with Crippen molar-refractivity contribution in [2.45, 2.75) is 26.8 Å². The smallest absolute Gasteiger partial charge is 0.214 e. The first-order valence-electron chi connectivity index (χ1n) is 5.06. The van der Waals surface area contributed by atoms with Crippen molar-refractivity contribution in [1.29, 1.82) is 0 Å². The van der Waals surface area contributed by atoms with Gasteiger partial charge in [-0.25, -0.2) is 13.1 Å². The van der Waals surface area contributed by atoms with E-state index in [2.05, 4.69) is 27.3 Å². The van der Waals surface area contributed by atoms with Crippen LogP contribution in [0.5, 0.6) is 0 Å². The third-order valence-electron chi connectivity index (χ3n) is 2.00. The third kappa shape index (κ3) is 7.48. The molecule has 0 aromatic rings. The van der Waals surface area contributed by atoms with E-state index in [1.165, 1.54) is 0 Å². The van der Waals surface area contributed by atoms with Crippen LogP contribution in [0.1, 0.15) is 20.8 Å². The standard InChI is InChI=1S/C9H20INO3S/c1-4-14-5-6-15(12,13)11-9(7-10)8(2)3/h8-9,11H,4-7H2,1-3H3. The fourth-order valence-electron chi connectivity index (χ4n) is 0.948. The highest BCUT2D eigenvalue weighted by Crippen LogP contribution is 2.06. The Labute approximate surface area is 106 Å². The maximum Gasteiger partial charge on any atom is 0.214 e. The molecule has 4 nitrogen and oxygen atoms in total. The van der Waals surface area contributed by atoms with Gasteiger partial charge in [-0.15, -0.1) is 0 Å². The van der Waals surface area contributed by atoms with Crippen molar-refractivity contribution in [3.05, 3.63) is 0 Å². The Morgan fingerprint density at radius 3 is 2.40 bits per heavy atom. The number of alkyl halides is 1. The monoisotopic (exact) mass is 349 g/mol. The maximum absolute atomic E-state index is 11.6. The molecule has 0 aliphatic carbocycles. The molecule has 0 radical (unpaired) electrons. The average Bonchev–Trinajstić information content (AvgIpc) is 2.14. The van der Waals surface area contributed by atoms with E-state index in [1.807, 2.05) is 20.8 Å².